The van der Waals surface area contributed by atoms with Gasteiger partial charge in [-0.3, -0.25) is 14.6 Å². The molecule has 6 heteroatoms. The summed E-state index contributed by atoms with van der Waals surface area (Å²) >= 11 is 0. The molecule has 0 aromatic heterocycles. The molecule has 2 aliphatic heterocycles. The van der Waals surface area contributed by atoms with Crippen molar-refractivity contribution in [1.82, 2.24) is 14.7 Å². The predicted octanol–water partition coefficient (Wildman–Crippen LogP) is 4.21. The zero-order valence-electron chi connectivity index (χ0n) is 20.4. The molecule has 6 nitrogen and oxygen atoms in total. The summed E-state index contributed by atoms with van der Waals surface area (Å²) in [5.74, 6) is 0.0137. The fraction of sp³-hybridized carbons (Fsp3) is 0.429. The average Bonchev–Trinajstić information content (AvgIpc) is 2.83. The van der Waals surface area contributed by atoms with Gasteiger partial charge in [0.2, 0.25) is 5.91 Å². The van der Waals surface area contributed by atoms with Crippen molar-refractivity contribution in [1.29, 1.82) is 0 Å². The van der Waals surface area contributed by atoms with E-state index in [1.165, 1.54) is 5.56 Å². The lowest BCUT2D eigenvalue weighted by atomic mass is 9.93. The average molecular weight is 462 g/mol. The molecule has 0 N–H and O–H groups in total. The van der Waals surface area contributed by atoms with E-state index >= 15 is 0 Å². The van der Waals surface area contributed by atoms with Crippen molar-refractivity contribution in [3.63, 3.8) is 0 Å². The summed E-state index contributed by atoms with van der Waals surface area (Å²) < 4.78 is 5.66. The summed E-state index contributed by atoms with van der Waals surface area (Å²) in [6.45, 7) is 9.78. The van der Waals surface area contributed by atoms with E-state index in [1.54, 1.807) is 4.90 Å². The minimum absolute atomic E-state index is 0.0137. The van der Waals surface area contributed by atoms with Gasteiger partial charge in [0.05, 0.1) is 6.54 Å². The number of hydrogen-bond acceptors (Lipinski definition) is 4. The van der Waals surface area contributed by atoms with Gasteiger partial charge in [0.1, 0.15) is 11.6 Å². The maximum atomic E-state index is 13.6. The van der Waals surface area contributed by atoms with E-state index in [2.05, 4.69) is 35.3 Å². The van der Waals surface area contributed by atoms with Crippen molar-refractivity contribution in [3.8, 4) is 0 Å². The molecule has 4 rings (SSSR count). The number of benzene rings is 2. The van der Waals surface area contributed by atoms with Gasteiger partial charge in [0.15, 0.2) is 0 Å². The second-order valence-corrected chi connectivity index (χ2v) is 10.0. The van der Waals surface area contributed by atoms with Gasteiger partial charge in [-0.05, 0) is 37.5 Å². The quantitative estimate of drug-likeness (QED) is 0.685. The number of piperazine rings is 1. The van der Waals surface area contributed by atoms with Gasteiger partial charge in [-0.2, -0.15) is 0 Å². The van der Waals surface area contributed by atoms with Crippen LogP contribution in [0.4, 0.5) is 4.79 Å². The number of carbonyl (C=O) groups is 2. The molecule has 0 spiro atoms. The highest BCUT2D eigenvalue weighted by atomic mass is 16.6. The van der Waals surface area contributed by atoms with Crippen molar-refractivity contribution in [2.75, 3.05) is 32.7 Å². The number of hydrogen-bond donors (Lipinski definition) is 0. The second-order valence-electron chi connectivity index (χ2n) is 10.0. The molecule has 2 aromatic carbocycles. The maximum Gasteiger partial charge on any atom is 0.411 e. The van der Waals surface area contributed by atoms with Crippen LogP contribution in [-0.4, -0.2) is 71.1 Å². The molecular formula is C28H35N3O3. The number of rotatable bonds is 4. The fourth-order valence-corrected chi connectivity index (χ4v) is 4.52. The fourth-order valence-electron chi connectivity index (χ4n) is 4.52. The van der Waals surface area contributed by atoms with E-state index < -0.39 is 17.7 Å². The largest absolute Gasteiger partial charge is 0.444 e. The first-order valence-corrected chi connectivity index (χ1v) is 12.1. The van der Waals surface area contributed by atoms with Crippen LogP contribution in [-0.2, 0) is 22.5 Å². The third-order valence-corrected chi connectivity index (χ3v) is 6.32. The minimum Gasteiger partial charge on any atom is -0.444 e. The Bertz CT molecular complexity index is 1020. The first kappa shape index (κ1) is 24.0. The lowest BCUT2D eigenvalue weighted by Crippen LogP contribution is -2.58. The summed E-state index contributed by atoms with van der Waals surface area (Å²) in [6, 6.07) is 17.8. The van der Waals surface area contributed by atoms with Gasteiger partial charge in [-0.1, -0.05) is 66.7 Å². The molecule has 2 aromatic rings. The molecule has 0 radical (unpaired) electrons. The second kappa shape index (κ2) is 10.4. The monoisotopic (exact) mass is 461 g/mol. The van der Waals surface area contributed by atoms with Crippen molar-refractivity contribution in [2.45, 2.75) is 45.4 Å². The third kappa shape index (κ3) is 6.06. The van der Waals surface area contributed by atoms with Gasteiger partial charge in [0.25, 0.3) is 0 Å². The smallest absolute Gasteiger partial charge is 0.411 e. The van der Waals surface area contributed by atoms with Crippen LogP contribution in [0, 0.1) is 0 Å². The minimum atomic E-state index is -0.611. The van der Waals surface area contributed by atoms with Crippen molar-refractivity contribution in [3.05, 3.63) is 77.4 Å². The van der Waals surface area contributed by atoms with E-state index in [9.17, 15) is 9.59 Å². The highest BCUT2D eigenvalue weighted by molar-refractivity contribution is 5.87. The van der Waals surface area contributed by atoms with Gasteiger partial charge in [-0.15, -0.1) is 0 Å². The molecule has 0 aliphatic carbocycles. The van der Waals surface area contributed by atoms with Crippen LogP contribution < -0.4 is 0 Å². The summed E-state index contributed by atoms with van der Waals surface area (Å²) in [5.41, 5.74) is 2.79. The van der Waals surface area contributed by atoms with Crippen LogP contribution in [0.1, 0.15) is 37.5 Å². The zero-order valence-corrected chi connectivity index (χ0v) is 20.4. The van der Waals surface area contributed by atoms with Crippen LogP contribution in [0.2, 0.25) is 0 Å². The summed E-state index contributed by atoms with van der Waals surface area (Å²) in [7, 11) is 0. The Balaban J connectivity index is 1.39. The molecule has 1 saturated heterocycles. The first-order valence-electron chi connectivity index (χ1n) is 12.1. The Kier molecular flexibility index (Phi) is 7.37. The van der Waals surface area contributed by atoms with E-state index in [0.717, 1.165) is 30.8 Å². The molecule has 2 heterocycles. The Hall–Kier alpha value is -3.12. The topological polar surface area (TPSA) is 53.1 Å². The lowest BCUT2D eigenvalue weighted by Gasteiger charge is -2.41. The normalized spacial score (nSPS) is 19.2. The van der Waals surface area contributed by atoms with E-state index in [4.69, 9.17) is 4.74 Å². The summed E-state index contributed by atoms with van der Waals surface area (Å²) in [6.07, 6.45) is 4.41. The molecule has 2 aliphatic rings. The molecule has 1 atom stereocenters. The predicted molar refractivity (Wildman–Crippen MR) is 134 cm³/mol. The van der Waals surface area contributed by atoms with Gasteiger partial charge in [0, 0.05) is 39.1 Å². The van der Waals surface area contributed by atoms with E-state index in [0.29, 0.717) is 26.1 Å². The SMILES string of the molecule is CC(C)(C)OC(=O)N1Cc2ccccc2CC1C(=O)N1CCN(C/C=C/c2ccccc2)CC1. The van der Waals surface area contributed by atoms with Gasteiger partial charge in [-0.25, -0.2) is 4.79 Å². The summed E-state index contributed by atoms with van der Waals surface area (Å²) in [5, 5.41) is 0. The van der Waals surface area contributed by atoms with E-state index in [-0.39, 0.29) is 5.91 Å². The summed E-state index contributed by atoms with van der Waals surface area (Å²) in [4.78, 5) is 32.5. The highest BCUT2D eigenvalue weighted by Gasteiger charge is 2.39. The Labute approximate surface area is 202 Å². The number of ether oxygens (including phenoxy) is 1. The lowest BCUT2D eigenvalue weighted by molar-refractivity contribution is -0.139. The molecular weight excluding hydrogens is 426 g/mol. The zero-order chi connectivity index (χ0) is 24.1. The van der Waals surface area contributed by atoms with Gasteiger partial charge >= 0.3 is 6.09 Å². The van der Waals surface area contributed by atoms with Gasteiger partial charge < -0.3 is 9.64 Å². The molecule has 1 fully saturated rings. The highest BCUT2D eigenvalue weighted by Crippen LogP contribution is 2.26. The number of nitrogens with zero attached hydrogens (tertiary/aromatic N) is 3. The molecule has 180 valence electrons. The Morgan fingerprint density at radius 1 is 0.941 bits per heavy atom. The van der Waals surface area contributed by atoms with Crippen LogP contribution >= 0.6 is 0 Å². The Morgan fingerprint density at radius 3 is 2.26 bits per heavy atom. The molecule has 34 heavy (non-hydrogen) atoms. The maximum absolute atomic E-state index is 13.6. The standard InChI is InChI=1S/C28H35N3O3/c1-28(2,3)34-27(33)31-21-24-14-8-7-13-23(24)20-25(31)26(32)30-18-16-29(17-19-30)15-9-12-22-10-5-4-6-11-22/h4-14,25H,15-21H2,1-3H3/b12-9+. The first-order chi connectivity index (χ1) is 16.3. The molecule has 0 saturated carbocycles. The number of carbonyl (C=O) groups excluding carboxylic acids is 2. The van der Waals surface area contributed by atoms with Crippen LogP contribution in [0.15, 0.2) is 60.7 Å². The third-order valence-electron chi connectivity index (χ3n) is 6.32. The van der Waals surface area contributed by atoms with Crippen LogP contribution in [0.3, 0.4) is 0 Å². The van der Waals surface area contributed by atoms with Crippen molar-refractivity contribution in [2.24, 2.45) is 0 Å². The molecule has 1 unspecified atom stereocenters. The molecule has 0 bridgehead atoms. The number of fused-ring (bicyclic) bond motifs is 1. The number of amides is 2. The Morgan fingerprint density at radius 2 is 1.59 bits per heavy atom. The molecule has 2 amide bonds. The van der Waals surface area contributed by atoms with Crippen molar-refractivity contribution >= 4 is 18.1 Å². The van der Waals surface area contributed by atoms with E-state index in [1.807, 2.05) is 62.1 Å². The van der Waals surface area contributed by atoms with Crippen molar-refractivity contribution < 1.29 is 14.3 Å². The van der Waals surface area contributed by atoms with Crippen LogP contribution in [0.25, 0.3) is 6.08 Å². The van der Waals surface area contributed by atoms with Crippen LogP contribution in [0.5, 0.6) is 0 Å².